The van der Waals surface area contributed by atoms with Gasteiger partial charge in [-0.2, -0.15) is 0 Å². The van der Waals surface area contributed by atoms with Gasteiger partial charge in [0.2, 0.25) is 0 Å². The molecule has 0 saturated heterocycles. The van der Waals surface area contributed by atoms with Crippen LogP contribution in [0.4, 0.5) is 0 Å². The van der Waals surface area contributed by atoms with Gasteiger partial charge < -0.3 is 5.32 Å². The van der Waals surface area contributed by atoms with Crippen molar-refractivity contribution in [2.24, 2.45) is 17.3 Å². The Hall–Kier alpha value is -0.300. The number of rotatable bonds is 7. The summed E-state index contributed by atoms with van der Waals surface area (Å²) in [5.74, 6) is 1.78. The molecule has 1 fully saturated rings. The molecule has 0 bridgehead atoms. The summed E-state index contributed by atoms with van der Waals surface area (Å²) in [7, 11) is 0. The Morgan fingerprint density at radius 2 is 1.75 bits per heavy atom. The van der Waals surface area contributed by atoms with Crippen molar-refractivity contribution in [2.75, 3.05) is 6.54 Å². The molecule has 1 N–H and O–H groups in total. The van der Waals surface area contributed by atoms with E-state index in [-0.39, 0.29) is 0 Å². The smallest absolute Gasteiger partial charge is 0.0132 e. The van der Waals surface area contributed by atoms with E-state index >= 15 is 0 Å². The molecule has 1 unspecified atom stereocenters. The third-order valence-electron chi connectivity index (χ3n) is 5.23. The number of hydrogen-bond acceptors (Lipinski definition) is 1. The van der Waals surface area contributed by atoms with Crippen LogP contribution in [0.5, 0.6) is 0 Å². The summed E-state index contributed by atoms with van der Waals surface area (Å²) in [5.41, 5.74) is 1.90. The van der Waals surface area contributed by atoms with Crippen molar-refractivity contribution < 1.29 is 0 Å². The molecular formula is C19H37N. The van der Waals surface area contributed by atoms with Crippen molar-refractivity contribution in [3.8, 4) is 0 Å². The zero-order valence-electron chi connectivity index (χ0n) is 14.6. The summed E-state index contributed by atoms with van der Waals surface area (Å²) in [6.07, 6.45) is 9.17. The Bertz CT molecular complexity index is 279. The van der Waals surface area contributed by atoms with E-state index in [1.54, 1.807) is 0 Å². The van der Waals surface area contributed by atoms with Crippen molar-refractivity contribution in [1.29, 1.82) is 0 Å². The molecular weight excluding hydrogens is 242 g/mol. The Morgan fingerprint density at radius 3 is 2.20 bits per heavy atom. The minimum Gasteiger partial charge on any atom is -0.313 e. The zero-order valence-corrected chi connectivity index (χ0v) is 14.6. The van der Waals surface area contributed by atoms with E-state index < -0.39 is 0 Å². The summed E-state index contributed by atoms with van der Waals surface area (Å²) >= 11 is 0. The lowest BCUT2D eigenvalue weighted by atomic mass is 9.68. The van der Waals surface area contributed by atoms with Crippen LogP contribution in [0.3, 0.4) is 0 Å². The summed E-state index contributed by atoms with van der Waals surface area (Å²) in [5, 5.41) is 3.80. The highest BCUT2D eigenvalue weighted by molar-refractivity contribution is 4.99. The van der Waals surface area contributed by atoms with Crippen LogP contribution in [0.1, 0.15) is 79.6 Å². The highest BCUT2D eigenvalue weighted by Crippen LogP contribution is 2.41. The van der Waals surface area contributed by atoms with Gasteiger partial charge in [0.05, 0.1) is 0 Å². The van der Waals surface area contributed by atoms with E-state index in [0.717, 1.165) is 24.8 Å². The maximum atomic E-state index is 4.23. The van der Waals surface area contributed by atoms with E-state index in [1.807, 2.05) is 0 Å². The fourth-order valence-electron chi connectivity index (χ4n) is 3.58. The lowest BCUT2D eigenvalue weighted by molar-refractivity contribution is 0.132. The van der Waals surface area contributed by atoms with Crippen molar-refractivity contribution >= 4 is 0 Å². The molecule has 1 rings (SSSR count). The Labute approximate surface area is 127 Å². The fraction of sp³-hybridized carbons (Fsp3) is 0.895. The molecule has 1 heteroatoms. The Kier molecular flexibility index (Phi) is 7.29. The summed E-state index contributed by atoms with van der Waals surface area (Å²) in [6, 6.07) is 0.670. The first-order valence-electron chi connectivity index (χ1n) is 8.78. The van der Waals surface area contributed by atoms with Gasteiger partial charge in [0.25, 0.3) is 0 Å². The van der Waals surface area contributed by atoms with Gasteiger partial charge >= 0.3 is 0 Å². The van der Waals surface area contributed by atoms with E-state index in [4.69, 9.17) is 0 Å². The van der Waals surface area contributed by atoms with Crippen LogP contribution < -0.4 is 5.32 Å². The molecule has 0 radical (unpaired) electrons. The third kappa shape index (κ3) is 5.60. The van der Waals surface area contributed by atoms with Gasteiger partial charge in [-0.1, -0.05) is 46.8 Å². The maximum Gasteiger partial charge on any atom is 0.0132 e. The molecule has 1 saturated carbocycles. The second kappa shape index (κ2) is 8.22. The average Bonchev–Trinajstić information content (AvgIpc) is 2.42. The van der Waals surface area contributed by atoms with Crippen molar-refractivity contribution in [3.63, 3.8) is 0 Å². The minimum absolute atomic E-state index is 0.490. The van der Waals surface area contributed by atoms with Gasteiger partial charge in [-0.05, 0) is 68.7 Å². The van der Waals surface area contributed by atoms with Crippen LogP contribution in [0, 0.1) is 17.3 Å². The van der Waals surface area contributed by atoms with Crippen LogP contribution in [-0.2, 0) is 0 Å². The van der Waals surface area contributed by atoms with Gasteiger partial charge in [-0.3, -0.25) is 0 Å². The van der Waals surface area contributed by atoms with E-state index in [1.165, 1.54) is 44.1 Å². The molecule has 0 heterocycles. The molecule has 0 spiro atoms. The van der Waals surface area contributed by atoms with Crippen LogP contribution in [0.15, 0.2) is 12.2 Å². The van der Waals surface area contributed by atoms with E-state index in [2.05, 4.69) is 46.5 Å². The average molecular weight is 280 g/mol. The first-order valence-corrected chi connectivity index (χ1v) is 8.78. The lowest BCUT2D eigenvalue weighted by Gasteiger charge is -2.40. The van der Waals surface area contributed by atoms with Crippen LogP contribution in [0.25, 0.3) is 0 Å². The molecule has 118 valence electrons. The zero-order chi connectivity index (χ0) is 15.2. The molecule has 1 aliphatic rings. The molecule has 1 nitrogen and oxygen atoms in total. The molecule has 1 atom stereocenters. The monoisotopic (exact) mass is 279 g/mol. The third-order valence-corrected chi connectivity index (χ3v) is 5.23. The largest absolute Gasteiger partial charge is 0.313 e. The molecule has 0 aromatic carbocycles. The molecule has 1 aliphatic carbocycles. The standard InChI is InChI=1S/C19H37N/c1-7-13-20-18(14-15(3)8-2)16-9-11-17(12-10-16)19(4,5)6/h16-18,20H,3,7-14H2,1-2,4-6H3. The predicted molar refractivity (Wildman–Crippen MR) is 91.0 cm³/mol. The van der Waals surface area contributed by atoms with Crippen molar-refractivity contribution in [3.05, 3.63) is 12.2 Å². The SMILES string of the molecule is C=C(CC)CC(NCCC)C1CCC(C(C)(C)C)CC1. The van der Waals surface area contributed by atoms with E-state index in [9.17, 15) is 0 Å². The second-order valence-electron chi connectivity index (χ2n) is 7.85. The van der Waals surface area contributed by atoms with Gasteiger partial charge in [0.1, 0.15) is 0 Å². The summed E-state index contributed by atoms with van der Waals surface area (Å²) in [6.45, 7) is 17.1. The lowest BCUT2D eigenvalue weighted by Crippen LogP contribution is -2.40. The summed E-state index contributed by atoms with van der Waals surface area (Å²) in [4.78, 5) is 0. The van der Waals surface area contributed by atoms with Gasteiger partial charge in [0.15, 0.2) is 0 Å². The molecule has 0 aromatic rings. The van der Waals surface area contributed by atoms with E-state index in [0.29, 0.717) is 11.5 Å². The van der Waals surface area contributed by atoms with Crippen LogP contribution in [-0.4, -0.2) is 12.6 Å². The topological polar surface area (TPSA) is 12.0 Å². The van der Waals surface area contributed by atoms with Crippen LogP contribution >= 0.6 is 0 Å². The minimum atomic E-state index is 0.490. The molecule has 0 aromatic heterocycles. The highest BCUT2D eigenvalue weighted by Gasteiger charge is 2.32. The first-order chi connectivity index (χ1) is 9.38. The molecule has 20 heavy (non-hydrogen) atoms. The predicted octanol–water partition coefficient (Wildman–Crippen LogP) is 5.56. The number of nitrogens with one attached hydrogen (secondary N) is 1. The van der Waals surface area contributed by atoms with Crippen molar-refractivity contribution in [2.45, 2.75) is 85.6 Å². The number of hydrogen-bond donors (Lipinski definition) is 1. The molecule has 0 amide bonds. The van der Waals surface area contributed by atoms with Crippen LogP contribution in [0.2, 0.25) is 0 Å². The normalized spacial score (nSPS) is 25.4. The van der Waals surface area contributed by atoms with Crippen molar-refractivity contribution in [1.82, 2.24) is 5.32 Å². The van der Waals surface area contributed by atoms with Gasteiger partial charge in [0, 0.05) is 6.04 Å². The highest BCUT2D eigenvalue weighted by atomic mass is 14.9. The first kappa shape index (κ1) is 17.8. The van der Waals surface area contributed by atoms with Gasteiger partial charge in [-0.15, -0.1) is 0 Å². The second-order valence-corrected chi connectivity index (χ2v) is 7.85. The molecule has 0 aliphatic heterocycles. The summed E-state index contributed by atoms with van der Waals surface area (Å²) < 4.78 is 0. The van der Waals surface area contributed by atoms with Gasteiger partial charge in [-0.25, -0.2) is 0 Å². The quantitative estimate of drug-likeness (QED) is 0.601. The Balaban J connectivity index is 2.53. The Morgan fingerprint density at radius 1 is 1.15 bits per heavy atom. The fourth-order valence-corrected chi connectivity index (χ4v) is 3.58. The maximum absolute atomic E-state index is 4.23.